The molecule has 0 spiro atoms. The molecule has 0 saturated carbocycles. The lowest BCUT2D eigenvalue weighted by molar-refractivity contribution is -0.123. The molecular formula is C24H19Br3N2O4. The summed E-state index contributed by atoms with van der Waals surface area (Å²) in [7, 11) is 0. The Kier molecular flexibility index (Phi) is 8.82. The summed E-state index contributed by atoms with van der Waals surface area (Å²) in [5, 5.41) is 3.98. The summed E-state index contributed by atoms with van der Waals surface area (Å²) in [6.45, 7) is 3.79. The highest BCUT2D eigenvalue weighted by Crippen LogP contribution is 2.33. The van der Waals surface area contributed by atoms with Gasteiger partial charge in [-0.25, -0.2) is 10.2 Å². The second kappa shape index (κ2) is 11.6. The van der Waals surface area contributed by atoms with Crippen molar-refractivity contribution in [2.24, 2.45) is 5.10 Å². The molecule has 33 heavy (non-hydrogen) atoms. The molecule has 3 aromatic carbocycles. The molecule has 0 saturated heterocycles. The number of nitrogens with zero attached hydrogens (tertiary/aromatic N) is 1. The monoisotopic (exact) mass is 636 g/mol. The highest BCUT2D eigenvalue weighted by molar-refractivity contribution is 9.11. The first-order valence-electron chi connectivity index (χ1n) is 9.71. The van der Waals surface area contributed by atoms with Gasteiger partial charge in [-0.2, -0.15) is 5.10 Å². The van der Waals surface area contributed by atoms with Crippen molar-refractivity contribution < 1.29 is 19.1 Å². The zero-order valence-corrected chi connectivity index (χ0v) is 22.5. The Morgan fingerprint density at radius 1 is 0.970 bits per heavy atom. The van der Waals surface area contributed by atoms with Gasteiger partial charge in [0.1, 0.15) is 5.75 Å². The fourth-order valence-corrected chi connectivity index (χ4v) is 4.45. The van der Waals surface area contributed by atoms with Gasteiger partial charge in [0.2, 0.25) is 0 Å². The van der Waals surface area contributed by atoms with Gasteiger partial charge in [-0.15, -0.1) is 0 Å². The van der Waals surface area contributed by atoms with E-state index in [1.54, 1.807) is 30.3 Å². The zero-order valence-electron chi connectivity index (χ0n) is 17.7. The maximum absolute atomic E-state index is 12.6. The number of carbonyl (C=O) groups is 2. The van der Waals surface area contributed by atoms with Crippen LogP contribution in [0.15, 0.2) is 73.1 Å². The standard InChI is InChI=1S/C24H19Br3N2O4/c1-14-6-7-20(8-15(14)2)32-13-22(30)29-28-12-17-10-19(26)11-21(27)23(17)33-24(31)16-4-3-5-18(25)9-16/h3-12H,13H2,1-2H3,(H,29,30). The lowest BCUT2D eigenvalue weighted by atomic mass is 10.1. The number of amides is 1. The molecule has 170 valence electrons. The number of hydrazone groups is 1. The first-order chi connectivity index (χ1) is 15.7. The van der Waals surface area contributed by atoms with Gasteiger partial charge in [-0.1, -0.05) is 44.0 Å². The predicted octanol–water partition coefficient (Wildman–Crippen LogP) is 6.34. The number of esters is 1. The molecule has 0 aliphatic heterocycles. The van der Waals surface area contributed by atoms with E-state index >= 15 is 0 Å². The van der Waals surface area contributed by atoms with Crippen LogP contribution in [-0.4, -0.2) is 24.7 Å². The summed E-state index contributed by atoms with van der Waals surface area (Å²) in [6, 6.07) is 16.0. The molecule has 0 fully saturated rings. The lowest BCUT2D eigenvalue weighted by Crippen LogP contribution is -2.24. The highest BCUT2D eigenvalue weighted by Gasteiger charge is 2.15. The summed E-state index contributed by atoms with van der Waals surface area (Å²) in [6.07, 6.45) is 1.40. The number of rotatable bonds is 7. The summed E-state index contributed by atoms with van der Waals surface area (Å²) in [5.74, 6) is -0.0755. The molecule has 3 rings (SSSR count). The summed E-state index contributed by atoms with van der Waals surface area (Å²) in [5.41, 5.74) is 5.51. The molecule has 0 atom stereocenters. The zero-order chi connectivity index (χ0) is 24.0. The predicted molar refractivity (Wildman–Crippen MR) is 138 cm³/mol. The average molecular weight is 639 g/mol. The molecule has 0 bridgehead atoms. The Balaban J connectivity index is 1.67. The van der Waals surface area contributed by atoms with E-state index in [1.807, 2.05) is 38.1 Å². The van der Waals surface area contributed by atoms with Crippen LogP contribution in [0, 0.1) is 13.8 Å². The first kappa shape index (κ1) is 25.1. The van der Waals surface area contributed by atoms with Crippen LogP contribution >= 0.6 is 47.8 Å². The molecule has 1 N–H and O–H groups in total. The van der Waals surface area contributed by atoms with Gasteiger partial charge < -0.3 is 9.47 Å². The molecule has 0 aromatic heterocycles. The number of nitrogens with one attached hydrogen (secondary N) is 1. The van der Waals surface area contributed by atoms with E-state index in [9.17, 15) is 9.59 Å². The van der Waals surface area contributed by atoms with Crippen LogP contribution in [0.3, 0.4) is 0 Å². The summed E-state index contributed by atoms with van der Waals surface area (Å²) < 4.78 is 13.2. The van der Waals surface area contributed by atoms with Crippen LogP contribution in [0.1, 0.15) is 27.0 Å². The van der Waals surface area contributed by atoms with E-state index in [1.165, 1.54) is 6.21 Å². The van der Waals surface area contributed by atoms with Gasteiger partial charge in [-0.3, -0.25) is 4.79 Å². The molecule has 0 radical (unpaired) electrons. The van der Waals surface area contributed by atoms with Gasteiger partial charge in [0.15, 0.2) is 12.4 Å². The minimum absolute atomic E-state index is 0.188. The topological polar surface area (TPSA) is 77.0 Å². The third kappa shape index (κ3) is 7.25. The number of hydrogen-bond acceptors (Lipinski definition) is 5. The molecule has 0 aliphatic rings. The van der Waals surface area contributed by atoms with E-state index in [0.717, 1.165) is 20.1 Å². The average Bonchev–Trinajstić information content (AvgIpc) is 2.76. The van der Waals surface area contributed by atoms with Crippen LogP contribution in [0.4, 0.5) is 0 Å². The number of ether oxygens (including phenoxy) is 2. The van der Waals surface area contributed by atoms with Gasteiger partial charge in [0.25, 0.3) is 5.91 Å². The van der Waals surface area contributed by atoms with Crippen LogP contribution in [0.25, 0.3) is 0 Å². The number of aryl methyl sites for hydroxylation is 2. The lowest BCUT2D eigenvalue weighted by Gasteiger charge is -2.11. The molecule has 6 nitrogen and oxygen atoms in total. The molecular weight excluding hydrogens is 620 g/mol. The van der Waals surface area contributed by atoms with Gasteiger partial charge in [-0.05, 0) is 83.4 Å². The van der Waals surface area contributed by atoms with Gasteiger partial charge in [0, 0.05) is 14.5 Å². The van der Waals surface area contributed by atoms with Crippen LogP contribution < -0.4 is 14.9 Å². The Labute approximate surface area is 216 Å². The molecule has 0 aliphatic carbocycles. The summed E-state index contributed by atoms with van der Waals surface area (Å²) >= 11 is 10.2. The Morgan fingerprint density at radius 2 is 1.76 bits per heavy atom. The smallest absolute Gasteiger partial charge is 0.343 e. The maximum atomic E-state index is 12.6. The number of hydrogen-bond donors (Lipinski definition) is 1. The molecule has 0 unspecified atom stereocenters. The van der Waals surface area contributed by atoms with Crippen LogP contribution in [0.5, 0.6) is 11.5 Å². The normalized spacial score (nSPS) is 10.8. The molecule has 9 heteroatoms. The number of carbonyl (C=O) groups excluding carboxylic acids is 2. The van der Waals surface area contributed by atoms with E-state index in [2.05, 4.69) is 58.3 Å². The van der Waals surface area contributed by atoms with Crippen LogP contribution in [-0.2, 0) is 4.79 Å². The van der Waals surface area contributed by atoms with Gasteiger partial charge in [0.05, 0.1) is 16.3 Å². The molecule has 1 amide bonds. The minimum Gasteiger partial charge on any atom is -0.484 e. The van der Waals surface area contributed by atoms with Crippen molar-refractivity contribution in [2.45, 2.75) is 13.8 Å². The number of benzene rings is 3. The van der Waals surface area contributed by atoms with E-state index in [0.29, 0.717) is 21.3 Å². The van der Waals surface area contributed by atoms with Crippen molar-refractivity contribution in [3.8, 4) is 11.5 Å². The van der Waals surface area contributed by atoms with Gasteiger partial charge >= 0.3 is 5.97 Å². The third-order valence-corrected chi connectivity index (χ3v) is 6.07. The van der Waals surface area contributed by atoms with Crippen molar-refractivity contribution in [1.29, 1.82) is 0 Å². The van der Waals surface area contributed by atoms with E-state index in [-0.39, 0.29) is 12.4 Å². The number of halogens is 3. The quantitative estimate of drug-likeness (QED) is 0.142. The SMILES string of the molecule is Cc1ccc(OCC(=O)NN=Cc2cc(Br)cc(Br)c2OC(=O)c2cccc(Br)c2)cc1C. The van der Waals surface area contributed by atoms with Crippen molar-refractivity contribution >= 4 is 65.9 Å². The van der Waals surface area contributed by atoms with Crippen molar-refractivity contribution in [2.75, 3.05) is 6.61 Å². The fraction of sp³-hybridized carbons (Fsp3) is 0.125. The van der Waals surface area contributed by atoms with Crippen LogP contribution in [0.2, 0.25) is 0 Å². The Bertz CT molecular complexity index is 1230. The maximum Gasteiger partial charge on any atom is 0.343 e. The Hall–Kier alpha value is -2.49. The summed E-state index contributed by atoms with van der Waals surface area (Å²) in [4.78, 5) is 24.7. The van der Waals surface area contributed by atoms with Crippen molar-refractivity contribution in [3.63, 3.8) is 0 Å². The molecule has 3 aromatic rings. The second-order valence-corrected chi connectivity index (χ2v) is 9.72. The third-order valence-electron chi connectivity index (χ3n) is 4.53. The fourth-order valence-electron chi connectivity index (χ4n) is 2.71. The first-order valence-corrected chi connectivity index (χ1v) is 12.1. The minimum atomic E-state index is -0.528. The highest BCUT2D eigenvalue weighted by atomic mass is 79.9. The van der Waals surface area contributed by atoms with Crippen molar-refractivity contribution in [3.05, 3.63) is 90.3 Å². The van der Waals surface area contributed by atoms with E-state index < -0.39 is 11.9 Å². The van der Waals surface area contributed by atoms with E-state index in [4.69, 9.17) is 9.47 Å². The molecule has 0 heterocycles. The van der Waals surface area contributed by atoms with Crippen molar-refractivity contribution in [1.82, 2.24) is 5.43 Å². The largest absolute Gasteiger partial charge is 0.484 e. The second-order valence-electron chi connectivity index (χ2n) is 7.03. The Morgan fingerprint density at radius 3 is 2.48 bits per heavy atom.